The van der Waals surface area contributed by atoms with Crippen LogP contribution in [0.4, 0.5) is 0 Å². The smallest absolute Gasteiger partial charge is 0.329 e. The van der Waals surface area contributed by atoms with E-state index in [1.54, 1.807) is 32.0 Å². The molecule has 2 amide bonds. The van der Waals surface area contributed by atoms with Gasteiger partial charge < -0.3 is 10.1 Å². The van der Waals surface area contributed by atoms with Gasteiger partial charge in [-0.2, -0.15) is 5.10 Å². The number of carbonyl (C=O) groups is 2. The van der Waals surface area contributed by atoms with Crippen molar-refractivity contribution < 1.29 is 14.3 Å². The molecule has 2 N–H and O–H groups in total. The lowest BCUT2D eigenvalue weighted by Gasteiger charge is -2.10. The zero-order chi connectivity index (χ0) is 19.8. The molecule has 6 nitrogen and oxygen atoms in total. The number of hydrogen-bond acceptors (Lipinski definition) is 4. The predicted octanol–water partition coefficient (Wildman–Crippen LogP) is 3.20. The van der Waals surface area contributed by atoms with Crippen LogP contribution in [0.2, 0.25) is 5.02 Å². The summed E-state index contributed by atoms with van der Waals surface area (Å²) >= 11 is 6.03. The molecule has 0 atom stereocenters. The highest BCUT2D eigenvalue weighted by Crippen LogP contribution is 2.22. The fourth-order valence-corrected chi connectivity index (χ4v) is 2.32. The molecule has 0 bridgehead atoms. The Bertz CT molecular complexity index is 833. The summed E-state index contributed by atoms with van der Waals surface area (Å²) in [5.41, 5.74) is 4.97. The second kappa shape index (κ2) is 9.73. The Morgan fingerprint density at radius 1 is 1.15 bits per heavy atom. The number of hydrogen-bond donors (Lipinski definition) is 2. The van der Waals surface area contributed by atoms with Crippen LogP contribution in [0.15, 0.2) is 47.6 Å². The van der Waals surface area contributed by atoms with Crippen molar-refractivity contribution in [2.45, 2.75) is 33.4 Å². The summed E-state index contributed by atoms with van der Waals surface area (Å²) in [5, 5.41) is 6.80. The topological polar surface area (TPSA) is 79.8 Å². The Morgan fingerprint density at radius 3 is 2.52 bits per heavy atom. The van der Waals surface area contributed by atoms with E-state index in [2.05, 4.69) is 15.8 Å². The molecule has 0 fully saturated rings. The third-order valence-electron chi connectivity index (χ3n) is 3.48. The third-order valence-corrected chi connectivity index (χ3v) is 3.72. The van der Waals surface area contributed by atoms with Crippen LogP contribution in [0.1, 0.15) is 30.5 Å². The molecule has 0 unspecified atom stereocenters. The van der Waals surface area contributed by atoms with Gasteiger partial charge >= 0.3 is 11.8 Å². The highest BCUT2D eigenvalue weighted by molar-refractivity contribution is 6.35. The maximum Gasteiger partial charge on any atom is 0.329 e. The van der Waals surface area contributed by atoms with Gasteiger partial charge in [-0.3, -0.25) is 9.59 Å². The molecule has 0 spiro atoms. The molecule has 2 aromatic carbocycles. The number of halogens is 1. The lowest BCUT2D eigenvalue weighted by molar-refractivity contribution is -0.139. The van der Waals surface area contributed by atoms with Crippen molar-refractivity contribution in [1.29, 1.82) is 0 Å². The van der Waals surface area contributed by atoms with Crippen molar-refractivity contribution in [2.75, 3.05) is 0 Å². The number of hydrazone groups is 1. The Balaban J connectivity index is 2.03. The first kappa shape index (κ1) is 20.5. The molecule has 0 heterocycles. The van der Waals surface area contributed by atoms with E-state index in [1.165, 1.54) is 11.8 Å². The SMILES string of the molecule is Cc1ccc(COc2ccc(Cl)cc2/C=N\NC(=O)C(=O)NC(C)C)cc1. The van der Waals surface area contributed by atoms with Crippen molar-refractivity contribution >= 4 is 29.6 Å². The van der Waals surface area contributed by atoms with Crippen molar-refractivity contribution in [3.63, 3.8) is 0 Å². The molecule has 0 aliphatic rings. The molecule has 27 heavy (non-hydrogen) atoms. The Kier molecular flexibility index (Phi) is 7.37. The number of nitrogens with one attached hydrogen (secondary N) is 2. The van der Waals surface area contributed by atoms with Crippen LogP contribution >= 0.6 is 11.6 Å². The molecule has 0 aliphatic heterocycles. The Morgan fingerprint density at radius 2 is 1.85 bits per heavy atom. The van der Waals surface area contributed by atoms with Crippen LogP contribution in [0.5, 0.6) is 5.75 Å². The standard InChI is InChI=1S/C20H22ClN3O3/c1-13(2)23-19(25)20(26)24-22-11-16-10-17(21)8-9-18(16)27-12-15-6-4-14(3)5-7-15/h4-11,13H,12H2,1-3H3,(H,23,25)(H,24,26)/b22-11-. The molecule has 2 aromatic rings. The second-order valence-electron chi connectivity index (χ2n) is 6.28. The zero-order valence-corrected chi connectivity index (χ0v) is 16.2. The minimum absolute atomic E-state index is 0.137. The first-order valence-corrected chi connectivity index (χ1v) is 8.84. The van der Waals surface area contributed by atoms with Crippen LogP contribution in [-0.2, 0) is 16.2 Å². The van der Waals surface area contributed by atoms with Crippen molar-refractivity contribution in [2.24, 2.45) is 5.10 Å². The quantitative estimate of drug-likeness (QED) is 0.453. The lowest BCUT2D eigenvalue weighted by Crippen LogP contribution is -2.41. The van der Waals surface area contributed by atoms with E-state index in [-0.39, 0.29) is 6.04 Å². The van der Waals surface area contributed by atoms with E-state index in [4.69, 9.17) is 16.3 Å². The summed E-state index contributed by atoms with van der Waals surface area (Å²) in [6.45, 7) is 5.93. The van der Waals surface area contributed by atoms with Crippen LogP contribution in [-0.4, -0.2) is 24.1 Å². The highest BCUT2D eigenvalue weighted by Gasteiger charge is 2.13. The number of carbonyl (C=O) groups excluding carboxylic acids is 2. The Labute approximate surface area is 163 Å². The van der Waals surface area contributed by atoms with E-state index in [1.807, 2.05) is 31.2 Å². The number of aryl methyl sites for hydroxylation is 1. The maximum absolute atomic E-state index is 11.7. The number of rotatable bonds is 6. The van der Waals surface area contributed by atoms with Gasteiger partial charge in [0, 0.05) is 16.6 Å². The lowest BCUT2D eigenvalue weighted by atomic mass is 10.1. The van der Waals surface area contributed by atoms with E-state index in [0.717, 1.165) is 5.56 Å². The van der Waals surface area contributed by atoms with E-state index in [9.17, 15) is 9.59 Å². The largest absolute Gasteiger partial charge is 0.488 e. The molecular weight excluding hydrogens is 366 g/mol. The van der Waals surface area contributed by atoms with Crippen molar-refractivity contribution in [3.8, 4) is 5.75 Å². The van der Waals surface area contributed by atoms with Crippen LogP contribution in [0.3, 0.4) is 0 Å². The first-order chi connectivity index (χ1) is 12.8. The van der Waals surface area contributed by atoms with Crippen molar-refractivity contribution in [1.82, 2.24) is 10.7 Å². The monoisotopic (exact) mass is 387 g/mol. The fraction of sp³-hybridized carbons (Fsp3) is 0.250. The minimum atomic E-state index is -0.843. The molecule has 0 saturated heterocycles. The second-order valence-corrected chi connectivity index (χ2v) is 6.72. The molecule has 0 aromatic heterocycles. The van der Waals surface area contributed by atoms with E-state index < -0.39 is 11.8 Å². The summed E-state index contributed by atoms with van der Waals surface area (Å²) in [7, 11) is 0. The molecule has 7 heteroatoms. The summed E-state index contributed by atoms with van der Waals surface area (Å²) in [6, 6.07) is 13.0. The fourth-order valence-electron chi connectivity index (χ4n) is 2.14. The highest BCUT2D eigenvalue weighted by atomic mass is 35.5. The molecule has 0 aliphatic carbocycles. The van der Waals surface area contributed by atoms with E-state index >= 15 is 0 Å². The number of amides is 2. The Hall–Kier alpha value is -2.86. The summed E-state index contributed by atoms with van der Waals surface area (Å²) in [6.07, 6.45) is 1.39. The van der Waals surface area contributed by atoms with Gasteiger partial charge in [0.25, 0.3) is 0 Å². The first-order valence-electron chi connectivity index (χ1n) is 8.47. The van der Waals surface area contributed by atoms with Gasteiger partial charge in [0.15, 0.2) is 0 Å². The van der Waals surface area contributed by atoms with Gasteiger partial charge in [-0.25, -0.2) is 5.43 Å². The third kappa shape index (κ3) is 6.75. The average Bonchev–Trinajstić information content (AvgIpc) is 2.61. The normalized spacial score (nSPS) is 10.9. The summed E-state index contributed by atoms with van der Waals surface area (Å²) in [5.74, 6) is -1.03. The van der Waals surface area contributed by atoms with Gasteiger partial charge in [-0.05, 0) is 44.5 Å². The van der Waals surface area contributed by atoms with Gasteiger partial charge in [-0.15, -0.1) is 0 Å². The molecule has 142 valence electrons. The summed E-state index contributed by atoms with van der Waals surface area (Å²) < 4.78 is 5.83. The van der Waals surface area contributed by atoms with Gasteiger partial charge in [0.2, 0.25) is 0 Å². The number of benzene rings is 2. The van der Waals surface area contributed by atoms with Crippen LogP contribution in [0.25, 0.3) is 0 Å². The number of ether oxygens (including phenoxy) is 1. The van der Waals surface area contributed by atoms with Crippen molar-refractivity contribution in [3.05, 3.63) is 64.2 Å². The van der Waals surface area contributed by atoms with Crippen LogP contribution in [0, 0.1) is 6.92 Å². The zero-order valence-electron chi connectivity index (χ0n) is 15.5. The maximum atomic E-state index is 11.7. The van der Waals surface area contributed by atoms with Crippen LogP contribution < -0.4 is 15.5 Å². The minimum Gasteiger partial charge on any atom is -0.488 e. The average molecular weight is 388 g/mol. The van der Waals surface area contributed by atoms with E-state index in [0.29, 0.717) is 22.9 Å². The number of nitrogens with zero attached hydrogens (tertiary/aromatic N) is 1. The summed E-state index contributed by atoms with van der Waals surface area (Å²) in [4.78, 5) is 23.2. The van der Waals surface area contributed by atoms with Gasteiger partial charge in [-0.1, -0.05) is 41.4 Å². The van der Waals surface area contributed by atoms with Gasteiger partial charge in [0.1, 0.15) is 12.4 Å². The molecule has 2 rings (SSSR count). The molecule has 0 radical (unpaired) electrons. The van der Waals surface area contributed by atoms with Gasteiger partial charge in [0.05, 0.1) is 6.21 Å². The predicted molar refractivity (Wildman–Crippen MR) is 106 cm³/mol. The molecular formula is C20H22ClN3O3. The molecule has 0 saturated carbocycles.